The largest absolute Gasteiger partial charge is 0.483 e. The van der Waals surface area contributed by atoms with Crippen LogP contribution in [-0.4, -0.2) is 51.2 Å². The van der Waals surface area contributed by atoms with E-state index >= 15 is 0 Å². The molecule has 0 bridgehead atoms. The summed E-state index contributed by atoms with van der Waals surface area (Å²) in [7, 11) is 4.61. The van der Waals surface area contributed by atoms with Gasteiger partial charge in [0.05, 0.1) is 27.2 Å². The van der Waals surface area contributed by atoms with Crippen molar-refractivity contribution in [3.05, 3.63) is 0 Å². The molecule has 1 heterocycles. The molecule has 6 nitrogen and oxygen atoms in total. The number of hydrogen-bond donors (Lipinski definition) is 0. The predicted octanol–water partition coefficient (Wildman–Crippen LogP) is 1.54. The van der Waals surface area contributed by atoms with E-state index in [2.05, 4.69) is 23.8 Å². The van der Waals surface area contributed by atoms with Gasteiger partial charge in [-0.2, -0.15) is 0 Å². The fraction of sp³-hybridized carbons (Fsp3) is 0.800. The smallest absolute Gasteiger partial charge is 0.309 e. The fourth-order valence-electron chi connectivity index (χ4n) is 3.05. The van der Waals surface area contributed by atoms with Crippen molar-refractivity contribution in [3.8, 4) is 0 Å². The van der Waals surface area contributed by atoms with E-state index in [1.54, 1.807) is 14.2 Å². The molecular formula is C15H24N2O4. The summed E-state index contributed by atoms with van der Waals surface area (Å²) in [5, 5.41) is 0. The van der Waals surface area contributed by atoms with Gasteiger partial charge in [0.1, 0.15) is 12.1 Å². The maximum atomic E-state index is 11.8. The molecule has 6 heteroatoms. The number of esters is 1. The molecule has 2 rings (SSSR count). The summed E-state index contributed by atoms with van der Waals surface area (Å²) in [6, 6.07) is -0.397. The van der Waals surface area contributed by atoms with Crippen LogP contribution in [0.1, 0.15) is 20.8 Å². The van der Waals surface area contributed by atoms with Crippen molar-refractivity contribution in [2.45, 2.75) is 32.9 Å². The Balaban J connectivity index is 2.25. The third-order valence-electron chi connectivity index (χ3n) is 4.37. The van der Waals surface area contributed by atoms with E-state index in [9.17, 15) is 4.79 Å². The minimum absolute atomic E-state index is 0.0643. The Morgan fingerprint density at radius 3 is 2.19 bits per heavy atom. The summed E-state index contributed by atoms with van der Waals surface area (Å²) in [6.45, 7) is 6.15. The predicted molar refractivity (Wildman–Crippen MR) is 79.5 cm³/mol. The third-order valence-corrected chi connectivity index (χ3v) is 4.37. The minimum Gasteiger partial charge on any atom is -0.483 e. The van der Waals surface area contributed by atoms with Gasteiger partial charge in [-0.25, -0.2) is 9.98 Å². The summed E-state index contributed by atoms with van der Waals surface area (Å²) < 4.78 is 15.7. The van der Waals surface area contributed by atoms with Gasteiger partial charge in [-0.15, -0.1) is 0 Å². The summed E-state index contributed by atoms with van der Waals surface area (Å²) in [4.78, 5) is 21.1. The van der Waals surface area contributed by atoms with Crippen LogP contribution in [0.5, 0.6) is 0 Å². The summed E-state index contributed by atoms with van der Waals surface area (Å²) in [5.74, 6) is 1.40. The molecular weight excluding hydrogens is 272 g/mol. The molecule has 0 spiro atoms. The first-order chi connectivity index (χ1) is 9.96. The lowest BCUT2D eigenvalue weighted by atomic mass is 10.0. The highest BCUT2D eigenvalue weighted by atomic mass is 16.5. The Morgan fingerprint density at radius 1 is 1.10 bits per heavy atom. The Kier molecular flexibility index (Phi) is 4.54. The van der Waals surface area contributed by atoms with Gasteiger partial charge in [-0.05, 0) is 11.8 Å². The summed E-state index contributed by atoms with van der Waals surface area (Å²) in [5.41, 5.74) is 0. The van der Waals surface area contributed by atoms with Crippen LogP contribution >= 0.6 is 0 Å². The van der Waals surface area contributed by atoms with E-state index in [-0.39, 0.29) is 41.7 Å². The van der Waals surface area contributed by atoms with Crippen molar-refractivity contribution in [2.24, 2.45) is 33.7 Å². The first-order valence-electron chi connectivity index (χ1n) is 7.27. The van der Waals surface area contributed by atoms with Crippen LogP contribution in [0.25, 0.3) is 0 Å². The zero-order chi connectivity index (χ0) is 15.7. The van der Waals surface area contributed by atoms with Crippen LogP contribution in [0.3, 0.4) is 0 Å². The molecule has 0 radical (unpaired) electrons. The molecule has 0 aromatic rings. The van der Waals surface area contributed by atoms with Gasteiger partial charge in [-0.1, -0.05) is 20.8 Å². The van der Waals surface area contributed by atoms with Gasteiger partial charge >= 0.3 is 5.97 Å². The van der Waals surface area contributed by atoms with Crippen LogP contribution in [0, 0.1) is 23.7 Å². The first-order valence-corrected chi connectivity index (χ1v) is 7.27. The second kappa shape index (κ2) is 6.03. The zero-order valence-electron chi connectivity index (χ0n) is 13.5. The molecule has 0 N–H and O–H groups in total. The Bertz CT molecular complexity index is 472. The van der Waals surface area contributed by atoms with Crippen molar-refractivity contribution < 1.29 is 19.0 Å². The molecule has 1 fully saturated rings. The van der Waals surface area contributed by atoms with Crippen LogP contribution in [0.4, 0.5) is 0 Å². The summed E-state index contributed by atoms with van der Waals surface area (Å²) >= 11 is 0. The molecule has 0 saturated heterocycles. The van der Waals surface area contributed by atoms with Gasteiger partial charge in [-0.3, -0.25) is 4.79 Å². The molecule has 1 aliphatic heterocycles. The molecule has 21 heavy (non-hydrogen) atoms. The maximum absolute atomic E-state index is 11.8. The van der Waals surface area contributed by atoms with Gasteiger partial charge < -0.3 is 14.2 Å². The van der Waals surface area contributed by atoms with Crippen LogP contribution in [0.15, 0.2) is 9.98 Å². The average Bonchev–Trinajstić information content (AvgIpc) is 3.15. The lowest BCUT2D eigenvalue weighted by Gasteiger charge is -2.27. The molecule has 5 atom stereocenters. The fourth-order valence-corrected chi connectivity index (χ4v) is 3.05. The van der Waals surface area contributed by atoms with E-state index in [0.29, 0.717) is 11.8 Å². The SMILES string of the molecule is COC(=O)C1C(C2N=C(OC)[C@@H](C(C)C)N=C2OC)[C@@H]1C. The van der Waals surface area contributed by atoms with Gasteiger partial charge in [0.25, 0.3) is 0 Å². The van der Waals surface area contributed by atoms with E-state index in [4.69, 9.17) is 14.2 Å². The van der Waals surface area contributed by atoms with E-state index in [0.717, 1.165) is 0 Å². The Labute approximate surface area is 125 Å². The molecule has 118 valence electrons. The normalized spacial score (nSPS) is 34.9. The van der Waals surface area contributed by atoms with E-state index < -0.39 is 0 Å². The second-order valence-electron chi connectivity index (χ2n) is 5.96. The number of aliphatic imine (C=N–C) groups is 2. The number of carbonyl (C=O) groups excluding carboxylic acids is 1. The quantitative estimate of drug-likeness (QED) is 0.741. The minimum atomic E-state index is -0.265. The molecule has 0 aromatic carbocycles. The van der Waals surface area contributed by atoms with Crippen molar-refractivity contribution in [3.63, 3.8) is 0 Å². The van der Waals surface area contributed by atoms with Gasteiger partial charge in [0.15, 0.2) is 0 Å². The lowest BCUT2D eigenvalue weighted by Crippen LogP contribution is -2.39. The maximum Gasteiger partial charge on any atom is 0.309 e. The van der Waals surface area contributed by atoms with Crippen molar-refractivity contribution in [2.75, 3.05) is 21.3 Å². The van der Waals surface area contributed by atoms with Gasteiger partial charge in [0, 0.05) is 5.92 Å². The van der Waals surface area contributed by atoms with Crippen LogP contribution in [-0.2, 0) is 19.0 Å². The molecule has 3 unspecified atom stereocenters. The van der Waals surface area contributed by atoms with E-state index in [1.807, 2.05) is 6.92 Å². The van der Waals surface area contributed by atoms with Crippen LogP contribution < -0.4 is 0 Å². The molecule has 2 aliphatic rings. The second-order valence-corrected chi connectivity index (χ2v) is 5.96. The van der Waals surface area contributed by atoms with Gasteiger partial charge in [0.2, 0.25) is 11.8 Å². The van der Waals surface area contributed by atoms with Crippen molar-refractivity contribution in [1.82, 2.24) is 0 Å². The lowest BCUT2D eigenvalue weighted by molar-refractivity contribution is -0.142. The molecule has 0 amide bonds. The molecule has 1 aliphatic carbocycles. The Morgan fingerprint density at radius 2 is 1.71 bits per heavy atom. The molecule has 1 saturated carbocycles. The number of hydrogen-bond acceptors (Lipinski definition) is 6. The van der Waals surface area contributed by atoms with Crippen LogP contribution in [0.2, 0.25) is 0 Å². The monoisotopic (exact) mass is 296 g/mol. The number of carbonyl (C=O) groups is 1. The van der Waals surface area contributed by atoms with E-state index in [1.165, 1.54) is 7.11 Å². The number of rotatable bonds is 3. The summed E-state index contributed by atoms with van der Waals surface area (Å²) in [6.07, 6.45) is 0. The highest BCUT2D eigenvalue weighted by Gasteiger charge is 2.59. The zero-order valence-corrected chi connectivity index (χ0v) is 13.5. The first kappa shape index (κ1) is 15.8. The average molecular weight is 296 g/mol. The number of methoxy groups -OCH3 is 3. The Hall–Kier alpha value is -1.59. The number of nitrogens with zero attached hydrogens (tertiary/aromatic N) is 2. The molecule has 0 aromatic heterocycles. The third kappa shape index (κ3) is 2.76. The highest BCUT2D eigenvalue weighted by molar-refractivity contribution is 5.95. The standard InChI is InChI=1S/C15H24N2O4/c1-7(2)11-13(19-4)17-12(14(16-11)20-5)9-8(3)10(9)15(18)21-6/h7-12H,1-6H3/t8-,9?,10?,11+,12?/m0/s1. The highest BCUT2D eigenvalue weighted by Crippen LogP contribution is 2.51. The van der Waals surface area contributed by atoms with Crippen molar-refractivity contribution >= 4 is 17.8 Å². The number of ether oxygens (including phenoxy) is 3. The topological polar surface area (TPSA) is 69.5 Å². The van der Waals surface area contributed by atoms with Crippen molar-refractivity contribution in [1.29, 1.82) is 0 Å².